The fraction of sp³-hybridized carbons (Fsp3) is 0.385. The molecule has 2 aromatic rings. The highest BCUT2D eigenvalue weighted by Crippen LogP contribution is 2.37. The molecule has 0 aliphatic heterocycles. The zero-order chi connectivity index (χ0) is 11.2. The summed E-state index contributed by atoms with van der Waals surface area (Å²) in [5.74, 6) is -0.183. The van der Waals surface area contributed by atoms with Gasteiger partial charge in [0, 0.05) is 17.1 Å². The first-order chi connectivity index (χ1) is 7.68. The van der Waals surface area contributed by atoms with Crippen molar-refractivity contribution >= 4 is 10.9 Å². The second-order valence-corrected chi connectivity index (χ2v) is 4.84. The average molecular weight is 218 g/mol. The van der Waals surface area contributed by atoms with Gasteiger partial charge in [0.2, 0.25) is 0 Å². The summed E-state index contributed by atoms with van der Waals surface area (Å²) < 4.78 is 13.4. The quantitative estimate of drug-likeness (QED) is 0.817. The standard InChI is InChI=1S/C13H15FN2/c14-11-3-1-2-10-9(8-16-12(10)11)4-5-13(15)6-7-13/h1-3,8,16H,4-7,15H2. The maximum atomic E-state index is 13.4. The molecule has 1 aromatic carbocycles. The average Bonchev–Trinajstić information content (AvgIpc) is 2.86. The molecule has 2 nitrogen and oxygen atoms in total. The lowest BCUT2D eigenvalue weighted by Crippen LogP contribution is -2.21. The van der Waals surface area contributed by atoms with E-state index in [4.69, 9.17) is 5.73 Å². The largest absolute Gasteiger partial charge is 0.359 e. The summed E-state index contributed by atoms with van der Waals surface area (Å²) in [4.78, 5) is 3.00. The second kappa shape index (κ2) is 3.32. The number of benzene rings is 1. The first-order valence-corrected chi connectivity index (χ1v) is 5.71. The predicted molar refractivity (Wildman–Crippen MR) is 62.7 cm³/mol. The Kier molecular flexibility index (Phi) is 2.04. The van der Waals surface area contributed by atoms with E-state index in [-0.39, 0.29) is 11.4 Å². The molecule has 0 radical (unpaired) electrons. The maximum Gasteiger partial charge on any atom is 0.147 e. The number of aryl methyl sites for hydroxylation is 1. The highest BCUT2D eigenvalue weighted by atomic mass is 19.1. The number of rotatable bonds is 3. The van der Waals surface area contributed by atoms with Crippen LogP contribution in [-0.4, -0.2) is 10.5 Å². The fourth-order valence-electron chi connectivity index (χ4n) is 2.18. The Morgan fingerprint density at radius 3 is 2.94 bits per heavy atom. The van der Waals surface area contributed by atoms with Crippen LogP contribution in [0.2, 0.25) is 0 Å². The van der Waals surface area contributed by atoms with Crippen LogP contribution in [0.1, 0.15) is 24.8 Å². The van der Waals surface area contributed by atoms with E-state index in [0.717, 1.165) is 31.1 Å². The summed E-state index contributed by atoms with van der Waals surface area (Å²) in [6, 6.07) is 5.19. The molecule has 0 spiro atoms. The van der Waals surface area contributed by atoms with Gasteiger partial charge in [-0.05, 0) is 37.3 Å². The number of halogens is 1. The predicted octanol–water partition coefficient (Wildman–Crippen LogP) is 2.73. The highest BCUT2D eigenvalue weighted by Gasteiger charge is 2.37. The Morgan fingerprint density at radius 1 is 1.38 bits per heavy atom. The van der Waals surface area contributed by atoms with Crippen molar-refractivity contribution in [1.29, 1.82) is 0 Å². The topological polar surface area (TPSA) is 41.8 Å². The van der Waals surface area contributed by atoms with Gasteiger partial charge < -0.3 is 10.7 Å². The first-order valence-electron chi connectivity index (χ1n) is 5.71. The molecule has 3 rings (SSSR count). The highest BCUT2D eigenvalue weighted by molar-refractivity contribution is 5.83. The summed E-state index contributed by atoms with van der Waals surface area (Å²) in [7, 11) is 0. The zero-order valence-electron chi connectivity index (χ0n) is 9.09. The zero-order valence-corrected chi connectivity index (χ0v) is 9.09. The monoisotopic (exact) mass is 218 g/mol. The van der Waals surface area contributed by atoms with Gasteiger partial charge in [0.1, 0.15) is 5.82 Å². The second-order valence-electron chi connectivity index (χ2n) is 4.84. The third kappa shape index (κ3) is 1.61. The lowest BCUT2D eigenvalue weighted by atomic mass is 10.0. The summed E-state index contributed by atoms with van der Waals surface area (Å²) in [5.41, 5.74) is 7.90. The molecule has 1 heterocycles. The van der Waals surface area contributed by atoms with Crippen molar-refractivity contribution in [3.8, 4) is 0 Å². The molecule has 0 unspecified atom stereocenters. The SMILES string of the molecule is NC1(CCc2c[nH]c3c(F)cccc23)CC1. The summed E-state index contributed by atoms with van der Waals surface area (Å²) >= 11 is 0. The van der Waals surface area contributed by atoms with E-state index in [1.54, 1.807) is 6.07 Å². The van der Waals surface area contributed by atoms with Gasteiger partial charge in [-0.2, -0.15) is 0 Å². The van der Waals surface area contributed by atoms with Crippen molar-refractivity contribution in [1.82, 2.24) is 4.98 Å². The summed E-state index contributed by atoms with van der Waals surface area (Å²) in [6.07, 6.45) is 6.09. The minimum atomic E-state index is -0.183. The van der Waals surface area contributed by atoms with Crippen molar-refractivity contribution in [3.05, 3.63) is 35.8 Å². The Balaban J connectivity index is 1.89. The van der Waals surface area contributed by atoms with E-state index in [1.807, 2.05) is 12.3 Å². The minimum Gasteiger partial charge on any atom is -0.359 e. The normalized spacial score (nSPS) is 17.9. The van der Waals surface area contributed by atoms with Crippen molar-refractivity contribution in [2.75, 3.05) is 0 Å². The molecule has 1 fully saturated rings. The van der Waals surface area contributed by atoms with Gasteiger partial charge in [0.15, 0.2) is 0 Å². The van der Waals surface area contributed by atoms with Crippen molar-refractivity contribution < 1.29 is 4.39 Å². The Morgan fingerprint density at radius 2 is 2.19 bits per heavy atom. The van der Waals surface area contributed by atoms with Crippen LogP contribution in [0.3, 0.4) is 0 Å². The fourth-order valence-corrected chi connectivity index (χ4v) is 2.18. The summed E-state index contributed by atoms with van der Waals surface area (Å²) in [6.45, 7) is 0. The van der Waals surface area contributed by atoms with E-state index < -0.39 is 0 Å². The number of hydrogen-bond acceptors (Lipinski definition) is 1. The molecule has 16 heavy (non-hydrogen) atoms. The van der Waals surface area contributed by atoms with Crippen LogP contribution < -0.4 is 5.73 Å². The molecule has 3 heteroatoms. The number of aromatic amines is 1. The molecule has 0 saturated heterocycles. The van der Waals surface area contributed by atoms with E-state index in [2.05, 4.69) is 4.98 Å². The molecule has 1 saturated carbocycles. The van der Waals surface area contributed by atoms with Crippen LogP contribution in [0.5, 0.6) is 0 Å². The first kappa shape index (κ1) is 9.85. The van der Waals surface area contributed by atoms with Gasteiger partial charge in [-0.15, -0.1) is 0 Å². The van der Waals surface area contributed by atoms with E-state index in [1.165, 1.54) is 11.6 Å². The number of nitrogens with one attached hydrogen (secondary N) is 1. The molecule has 84 valence electrons. The molecule has 0 bridgehead atoms. The molecule has 1 aromatic heterocycles. The van der Waals surface area contributed by atoms with Crippen molar-refractivity contribution in [2.45, 2.75) is 31.2 Å². The number of para-hydroxylation sites is 1. The minimum absolute atomic E-state index is 0.0664. The molecular weight excluding hydrogens is 203 g/mol. The lowest BCUT2D eigenvalue weighted by Gasteiger charge is -2.06. The Bertz CT molecular complexity index is 526. The van der Waals surface area contributed by atoms with Crippen LogP contribution in [0.4, 0.5) is 4.39 Å². The van der Waals surface area contributed by atoms with Gasteiger partial charge in [-0.3, -0.25) is 0 Å². The van der Waals surface area contributed by atoms with Gasteiger partial charge in [0.05, 0.1) is 5.52 Å². The van der Waals surface area contributed by atoms with Crippen LogP contribution in [0.25, 0.3) is 10.9 Å². The van der Waals surface area contributed by atoms with E-state index >= 15 is 0 Å². The number of H-pyrrole nitrogens is 1. The molecule has 3 N–H and O–H groups in total. The van der Waals surface area contributed by atoms with E-state index in [9.17, 15) is 4.39 Å². The van der Waals surface area contributed by atoms with Gasteiger partial charge in [-0.1, -0.05) is 12.1 Å². The van der Waals surface area contributed by atoms with Gasteiger partial charge in [0.25, 0.3) is 0 Å². The van der Waals surface area contributed by atoms with Crippen LogP contribution in [0, 0.1) is 5.82 Å². The molecular formula is C13H15FN2. The number of nitrogens with two attached hydrogens (primary N) is 1. The van der Waals surface area contributed by atoms with Crippen molar-refractivity contribution in [2.24, 2.45) is 5.73 Å². The third-order valence-electron chi connectivity index (χ3n) is 3.53. The van der Waals surface area contributed by atoms with E-state index in [0.29, 0.717) is 5.52 Å². The number of aromatic nitrogens is 1. The maximum absolute atomic E-state index is 13.4. The van der Waals surface area contributed by atoms with Crippen molar-refractivity contribution in [3.63, 3.8) is 0 Å². The molecule has 0 atom stereocenters. The number of fused-ring (bicyclic) bond motifs is 1. The molecule has 1 aliphatic rings. The van der Waals surface area contributed by atoms with Crippen LogP contribution >= 0.6 is 0 Å². The Labute approximate surface area is 93.6 Å². The summed E-state index contributed by atoms with van der Waals surface area (Å²) in [5, 5.41) is 0.990. The smallest absolute Gasteiger partial charge is 0.147 e. The van der Waals surface area contributed by atoms with Crippen LogP contribution in [-0.2, 0) is 6.42 Å². The third-order valence-corrected chi connectivity index (χ3v) is 3.53. The van der Waals surface area contributed by atoms with Gasteiger partial charge in [-0.25, -0.2) is 4.39 Å². The lowest BCUT2D eigenvalue weighted by molar-refractivity contribution is 0.610. The van der Waals surface area contributed by atoms with Gasteiger partial charge >= 0.3 is 0 Å². The Hall–Kier alpha value is -1.35. The molecule has 1 aliphatic carbocycles. The molecule has 0 amide bonds. The number of hydrogen-bond donors (Lipinski definition) is 2. The van der Waals surface area contributed by atoms with Crippen LogP contribution in [0.15, 0.2) is 24.4 Å².